The summed E-state index contributed by atoms with van der Waals surface area (Å²) in [6.45, 7) is 4.50. The highest BCUT2D eigenvalue weighted by Crippen LogP contribution is 2.33. The van der Waals surface area contributed by atoms with Gasteiger partial charge in [0.1, 0.15) is 0 Å². The van der Waals surface area contributed by atoms with Crippen molar-refractivity contribution in [3.05, 3.63) is 99.1 Å². The molecule has 0 fully saturated rings. The average molecular weight is 432 g/mol. The van der Waals surface area contributed by atoms with Crippen molar-refractivity contribution in [3.8, 4) is 0 Å². The minimum atomic E-state index is -0.446. The number of hydrogen-bond donors (Lipinski definition) is 0. The Morgan fingerprint density at radius 1 is 1.00 bits per heavy atom. The highest BCUT2D eigenvalue weighted by Gasteiger charge is 2.21. The predicted octanol–water partition coefficient (Wildman–Crippen LogP) is 5.60. The molecule has 0 aliphatic carbocycles. The van der Waals surface area contributed by atoms with Crippen molar-refractivity contribution in [2.75, 3.05) is 4.90 Å². The number of nitrogens with zero attached hydrogens (tertiary/aromatic N) is 3. The van der Waals surface area contributed by atoms with Gasteiger partial charge in [0.05, 0.1) is 28.1 Å². The zero-order valence-corrected chi connectivity index (χ0v) is 18.1. The molecule has 0 aliphatic heterocycles. The van der Waals surface area contributed by atoms with E-state index in [1.165, 1.54) is 23.5 Å². The zero-order valence-electron chi connectivity index (χ0n) is 17.2. The summed E-state index contributed by atoms with van der Waals surface area (Å²) >= 11 is 1.50. The third kappa shape index (κ3) is 4.46. The summed E-state index contributed by atoms with van der Waals surface area (Å²) in [6, 6.07) is 20.0. The maximum absolute atomic E-state index is 13.3. The molecule has 0 bridgehead atoms. The molecule has 0 radical (unpaired) electrons. The molecule has 0 saturated carbocycles. The molecule has 1 aromatic heterocycles. The number of aryl methyl sites for hydroxylation is 2. The number of carbonyl (C=O) groups excluding carboxylic acids is 1. The maximum Gasteiger partial charge on any atom is 0.269 e. The van der Waals surface area contributed by atoms with Gasteiger partial charge < -0.3 is 0 Å². The van der Waals surface area contributed by atoms with Gasteiger partial charge in [-0.1, -0.05) is 59.9 Å². The lowest BCUT2D eigenvalue weighted by Gasteiger charge is -2.20. The van der Waals surface area contributed by atoms with E-state index in [1.807, 2.05) is 43.3 Å². The van der Waals surface area contributed by atoms with Crippen LogP contribution in [0.3, 0.4) is 0 Å². The van der Waals surface area contributed by atoms with Crippen LogP contribution >= 0.6 is 11.3 Å². The van der Waals surface area contributed by atoms with Crippen LogP contribution in [0, 0.1) is 24.0 Å². The summed E-state index contributed by atoms with van der Waals surface area (Å²) in [4.78, 5) is 30.3. The zero-order chi connectivity index (χ0) is 22.0. The number of fused-ring (bicyclic) bond motifs is 1. The van der Waals surface area contributed by atoms with Crippen LogP contribution in [0.4, 0.5) is 10.8 Å². The summed E-state index contributed by atoms with van der Waals surface area (Å²) in [7, 11) is 0. The Morgan fingerprint density at radius 2 is 1.71 bits per heavy atom. The Hall–Kier alpha value is -3.58. The largest absolute Gasteiger partial charge is 0.283 e. The second kappa shape index (κ2) is 8.65. The number of non-ortho nitro benzene ring substituents is 1. The van der Waals surface area contributed by atoms with Gasteiger partial charge in [0.2, 0.25) is 5.91 Å². The molecule has 3 aromatic carbocycles. The molecule has 31 heavy (non-hydrogen) atoms. The van der Waals surface area contributed by atoms with Crippen molar-refractivity contribution < 1.29 is 9.72 Å². The summed E-state index contributed by atoms with van der Waals surface area (Å²) in [5.74, 6) is -0.105. The van der Waals surface area contributed by atoms with Crippen LogP contribution in [0.25, 0.3) is 10.2 Å². The van der Waals surface area contributed by atoms with Crippen LogP contribution in [0.5, 0.6) is 0 Å². The lowest BCUT2D eigenvalue weighted by Crippen LogP contribution is -2.31. The number of hydrogen-bond acceptors (Lipinski definition) is 5. The monoisotopic (exact) mass is 431 g/mol. The fourth-order valence-corrected chi connectivity index (χ4v) is 4.41. The molecule has 7 heteroatoms. The fraction of sp³-hybridized carbons (Fsp3) is 0.167. The standard InChI is InChI=1S/C24H21N3O3S/c1-16-8-13-21-23(17(16)2)25-24(31-21)26(15-19-6-4-3-5-7-19)22(28)14-18-9-11-20(12-10-18)27(29)30/h3-13H,14-15H2,1-2H3. The van der Waals surface area contributed by atoms with Crippen LogP contribution in [0.1, 0.15) is 22.3 Å². The molecule has 0 N–H and O–H groups in total. The van der Waals surface area contributed by atoms with Crippen molar-refractivity contribution in [1.29, 1.82) is 0 Å². The summed E-state index contributed by atoms with van der Waals surface area (Å²) < 4.78 is 1.04. The first kappa shape index (κ1) is 20.7. The molecule has 1 amide bonds. The van der Waals surface area contributed by atoms with Crippen molar-refractivity contribution in [3.63, 3.8) is 0 Å². The summed E-state index contributed by atoms with van der Waals surface area (Å²) in [5, 5.41) is 11.5. The molecule has 156 valence electrons. The molecule has 0 saturated heterocycles. The number of anilines is 1. The van der Waals surface area contributed by atoms with E-state index >= 15 is 0 Å². The van der Waals surface area contributed by atoms with Gasteiger partial charge in [0, 0.05) is 12.1 Å². The average Bonchev–Trinajstić information content (AvgIpc) is 3.20. The van der Waals surface area contributed by atoms with Gasteiger partial charge in [-0.2, -0.15) is 0 Å². The minimum absolute atomic E-state index is 0.00867. The third-order valence-corrected chi connectivity index (χ3v) is 6.34. The van der Waals surface area contributed by atoms with E-state index < -0.39 is 4.92 Å². The van der Waals surface area contributed by atoms with Gasteiger partial charge in [-0.3, -0.25) is 19.8 Å². The summed E-state index contributed by atoms with van der Waals surface area (Å²) in [5.41, 5.74) is 4.93. The van der Waals surface area contributed by atoms with Crippen LogP contribution < -0.4 is 4.90 Å². The Morgan fingerprint density at radius 3 is 2.39 bits per heavy atom. The van der Waals surface area contributed by atoms with Gasteiger partial charge in [-0.05, 0) is 42.2 Å². The Bertz CT molecular complexity index is 1250. The number of nitro groups is 1. The molecule has 1 heterocycles. The molecule has 0 aliphatic rings. The first-order valence-electron chi connectivity index (χ1n) is 9.87. The molecule has 0 atom stereocenters. The number of aromatic nitrogens is 1. The molecule has 0 spiro atoms. The van der Waals surface area contributed by atoms with Gasteiger partial charge in [-0.25, -0.2) is 4.98 Å². The summed E-state index contributed by atoms with van der Waals surface area (Å²) in [6.07, 6.45) is 0.138. The Balaban J connectivity index is 1.68. The van der Waals surface area contributed by atoms with Gasteiger partial charge in [0.15, 0.2) is 5.13 Å². The highest BCUT2D eigenvalue weighted by atomic mass is 32.1. The number of thiazole rings is 1. The molecule has 4 aromatic rings. The Labute approximate surface area is 183 Å². The first-order chi connectivity index (χ1) is 14.9. The number of carbonyl (C=O) groups is 1. The fourth-order valence-electron chi connectivity index (χ4n) is 3.36. The third-order valence-electron chi connectivity index (χ3n) is 5.29. The number of rotatable bonds is 6. The SMILES string of the molecule is Cc1ccc2sc(N(Cc3ccccc3)C(=O)Cc3ccc([N+](=O)[O-])cc3)nc2c1C. The van der Waals surface area contributed by atoms with E-state index in [9.17, 15) is 14.9 Å². The minimum Gasteiger partial charge on any atom is -0.283 e. The van der Waals surface area contributed by atoms with Crippen molar-refractivity contribution in [2.24, 2.45) is 0 Å². The number of nitro benzene ring substituents is 1. The quantitative estimate of drug-likeness (QED) is 0.294. The van der Waals surface area contributed by atoms with Crippen LogP contribution in [0.2, 0.25) is 0 Å². The van der Waals surface area contributed by atoms with Crippen molar-refractivity contribution >= 4 is 38.3 Å². The van der Waals surface area contributed by atoms with Crippen LogP contribution in [-0.4, -0.2) is 15.8 Å². The lowest BCUT2D eigenvalue weighted by molar-refractivity contribution is -0.384. The molecule has 4 rings (SSSR count). The van der Waals surface area contributed by atoms with Crippen LogP contribution in [-0.2, 0) is 17.8 Å². The van der Waals surface area contributed by atoms with Crippen molar-refractivity contribution in [2.45, 2.75) is 26.8 Å². The van der Waals surface area contributed by atoms with Crippen molar-refractivity contribution in [1.82, 2.24) is 4.98 Å². The highest BCUT2D eigenvalue weighted by molar-refractivity contribution is 7.22. The topological polar surface area (TPSA) is 76.3 Å². The molecule has 0 unspecified atom stereocenters. The number of benzene rings is 3. The second-order valence-corrected chi connectivity index (χ2v) is 8.43. The van der Waals surface area contributed by atoms with Gasteiger partial charge in [-0.15, -0.1) is 0 Å². The maximum atomic E-state index is 13.3. The van der Waals surface area contributed by atoms with E-state index in [0.29, 0.717) is 11.7 Å². The van der Waals surface area contributed by atoms with Gasteiger partial charge in [0.25, 0.3) is 5.69 Å². The lowest BCUT2D eigenvalue weighted by atomic mass is 10.1. The number of amides is 1. The van der Waals surface area contributed by atoms with Crippen LogP contribution in [0.15, 0.2) is 66.7 Å². The molecular weight excluding hydrogens is 410 g/mol. The van der Waals surface area contributed by atoms with E-state index in [1.54, 1.807) is 17.0 Å². The van der Waals surface area contributed by atoms with E-state index in [2.05, 4.69) is 13.0 Å². The first-order valence-corrected chi connectivity index (χ1v) is 10.7. The van der Waals surface area contributed by atoms with E-state index in [4.69, 9.17) is 4.98 Å². The molecule has 6 nitrogen and oxygen atoms in total. The normalized spacial score (nSPS) is 10.9. The second-order valence-electron chi connectivity index (χ2n) is 7.42. The van der Waals surface area contributed by atoms with Gasteiger partial charge >= 0.3 is 0 Å². The van der Waals surface area contributed by atoms with E-state index in [-0.39, 0.29) is 18.0 Å². The van der Waals surface area contributed by atoms with E-state index in [0.717, 1.165) is 32.5 Å². The smallest absolute Gasteiger partial charge is 0.269 e. The molecular formula is C24H21N3O3S. The predicted molar refractivity (Wildman–Crippen MR) is 124 cm³/mol. The Kier molecular flexibility index (Phi) is 5.77.